The van der Waals surface area contributed by atoms with Gasteiger partial charge in [-0.05, 0) is 57.4 Å². The minimum atomic E-state index is -4.69. The highest BCUT2D eigenvalue weighted by molar-refractivity contribution is 7.45. The van der Waals surface area contributed by atoms with Crippen LogP contribution in [0, 0.1) is 0 Å². The molecule has 10 heteroatoms. The first-order chi connectivity index (χ1) is 36.4. The molecular weight excluding hydrogens is 952 g/mol. The van der Waals surface area contributed by atoms with Crippen molar-refractivity contribution in [2.75, 3.05) is 40.9 Å². The van der Waals surface area contributed by atoms with E-state index in [0.717, 1.165) is 57.8 Å². The molecule has 1 amide bonds. The number of nitrogens with one attached hydrogen (secondary N) is 1. The van der Waals surface area contributed by atoms with Crippen LogP contribution in [0.25, 0.3) is 0 Å². The lowest BCUT2D eigenvalue weighted by atomic mass is 10.0. The van der Waals surface area contributed by atoms with E-state index >= 15 is 0 Å². The summed E-state index contributed by atoms with van der Waals surface area (Å²) in [5, 5.41) is 3.04. The van der Waals surface area contributed by atoms with Gasteiger partial charge in [-0.3, -0.25) is 14.2 Å². The summed E-state index contributed by atoms with van der Waals surface area (Å²) in [6, 6.07) is -0.882. The number of amides is 1. The zero-order chi connectivity index (χ0) is 55.0. The minimum Gasteiger partial charge on any atom is -0.756 e. The van der Waals surface area contributed by atoms with Crippen molar-refractivity contribution in [1.82, 2.24) is 5.32 Å². The number of nitrogens with zero attached hydrogens (tertiary/aromatic N) is 1. The average molecular weight is 1080 g/mol. The third-order valence-corrected chi connectivity index (χ3v) is 15.8. The van der Waals surface area contributed by atoms with E-state index in [9.17, 15) is 19.0 Å². The first-order valence-corrected chi connectivity index (χ1v) is 34.1. The van der Waals surface area contributed by atoms with Crippen LogP contribution in [0.15, 0.2) is 24.3 Å². The Morgan fingerprint density at radius 3 is 1.13 bits per heavy atom. The Balaban J connectivity index is 5.18. The molecule has 0 radical (unpaired) electrons. The zero-order valence-electron chi connectivity index (χ0n) is 50.8. The monoisotopic (exact) mass is 1080 g/mol. The first-order valence-electron chi connectivity index (χ1n) is 32.6. The van der Waals surface area contributed by atoms with Crippen LogP contribution in [0.1, 0.15) is 329 Å². The third kappa shape index (κ3) is 57.0. The first kappa shape index (κ1) is 73.5. The van der Waals surface area contributed by atoms with Gasteiger partial charge in [0.25, 0.3) is 7.82 Å². The lowest BCUT2D eigenvalue weighted by molar-refractivity contribution is -0.870. The van der Waals surface area contributed by atoms with Crippen molar-refractivity contribution in [3.8, 4) is 0 Å². The van der Waals surface area contributed by atoms with Crippen molar-refractivity contribution < 1.29 is 37.3 Å². The fraction of sp³-hybridized carbons (Fsp3) is 0.908. The Kier molecular flexibility index (Phi) is 54.7. The van der Waals surface area contributed by atoms with Crippen LogP contribution in [0.3, 0.4) is 0 Å². The quantitative estimate of drug-likeness (QED) is 0.0212. The van der Waals surface area contributed by atoms with E-state index in [1.807, 2.05) is 33.3 Å². The van der Waals surface area contributed by atoms with Gasteiger partial charge >= 0.3 is 5.97 Å². The van der Waals surface area contributed by atoms with Gasteiger partial charge in [0.05, 0.1) is 33.8 Å². The highest BCUT2D eigenvalue weighted by atomic mass is 31.2. The number of carbonyl (C=O) groups is 2. The number of hydrogen-bond donors (Lipinski definition) is 1. The van der Waals surface area contributed by atoms with Gasteiger partial charge in [0.1, 0.15) is 19.3 Å². The number of quaternary nitrogens is 1. The molecule has 0 aromatic heterocycles. The lowest BCUT2D eigenvalue weighted by Crippen LogP contribution is -2.47. The summed E-state index contributed by atoms with van der Waals surface area (Å²) in [7, 11) is 1.20. The molecule has 75 heavy (non-hydrogen) atoms. The van der Waals surface area contributed by atoms with Crippen LogP contribution in [0.5, 0.6) is 0 Å². The molecule has 0 rings (SSSR count). The number of esters is 1. The fourth-order valence-corrected chi connectivity index (χ4v) is 10.5. The zero-order valence-corrected chi connectivity index (χ0v) is 51.7. The maximum Gasteiger partial charge on any atom is 0.306 e. The molecule has 0 aliphatic heterocycles. The fourth-order valence-electron chi connectivity index (χ4n) is 9.81. The molecule has 0 bridgehead atoms. The molecule has 0 aromatic rings. The Hall–Kier alpha value is -1.51. The molecule has 0 saturated carbocycles. The molecular formula is C65H127N2O7P. The molecule has 0 heterocycles. The Labute approximate surface area is 466 Å². The standard InChI is InChI=1S/C65H127N2O7P/c1-7-10-13-16-19-22-25-28-30-31-32-33-34-35-37-40-43-46-49-52-55-58-65(69)74-63(56-53-50-47-44-41-38-27-24-21-18-15-12-9-3)62(61-73-75(70,71)72-60-59-67(4,5)6)66-64(68)57-54-51-48-45-42-39-36-29-26-23-20-17-14-11-8-2/h28,30,53,56,62-63H,7-27,29,31-52,54-55,57-61H2,1-6H3,(H-,66,68,70,71)/b30-28+,56-53+. The van der Waals surface area contributed by atoms with E-state index in [2.05, 4.69) is 38.2 Å². The van der Waals surface area contributed by atoms with Crippen LogP contribution in [-0.4, -0.2) is 69.4 Å². The Morgan fingerprint density at radius 1 is 0.453 bits per heavy atom. The normalized spacial score (nSPS) is 13.7. The van der Waals surface area contributed by atoms with Crippen LogP contribution >= 0.6 is 7.82 Å². The van der Waals surface area contributed by atoms with Gasteiger partial charge in [0.15, 0.2) is 0 Å². The highest BCUT2D eigenvalue weighted by Gasteiger charge is 2.27. The topological polar surface area (TPSA) is 114 Å². The van der Waals surface area contributed by atoms with Gasteiger partial charge in [0, 0.05) is 12.8 Å². The second-order valence-corrected chi connectivity index (χ2v) is 25.0. The van der Waals surface area contributed by atoms with E-state index < -0.39 is 20.0 Å². The summed E-state index contributed by atoms with van der Waals surface area (Å²) < 4.78 is 30.4. The summed E-state index contributed by atoms with van der Waals surface area (Å²) in [5.41, 5.74) is 0. The van der Waals surface area contributed by atoms with Crippen LogP contribution in [0.4, 0.5) is 0 Å². The van der Waals surface area contributed by atoms with Gasteiger partial charge < -0.3 is 28.5 Å². The number of carbonyl (C=O) groups excluding carboxylic acids is 2. The van der Waals surface area contributed by atoms with Crippen molar-refractivity contribution in [1.29, 1.82) is 0 Å². The van der Waals surface area contributed by atoms with Crippen LogP contribution in [0.2, 0.25) is 0 Å². The lowest BCUT2D eigenvalue weighted by Gasteiger charge is -2.30. The van der Waals surface area contributed by atoms with Crippen molar-refractivity contribution in [2.45, 2.75) is 341 Å². The van der Waals surface area contributed by atoms with Crippen molar-refractivity contribution >= 4 is 19.7 Å². The number of hydrogen-bond acceptors (Lipinski definition) is 7. The van der Waals surface area contributed by atoms with Gasteiger partial charge in [-0.2, -0.15) is 0 Å². The van der Waals surface area contributed by atoms with Gasteiger partial charge in [-0.15, -0.1) is 0 Å². The highest BCUT2D eigenvalue weighted by Crippen LogP contribution is 2.38. The summed E-state index contributed by atoms with van der Waals surface area (Å²) in [5.74, 6) is -0.523. The molecule has 0 saturated heterocycles. The molecule has 0 fully saturated rings. The number of unbranched alkanes of at least 4 members (excludes halogenated alkanes) is 42. The van der Waals surface area contributed by atoms with Crippen molar-refractivity contribution in [2.24, 2.45) is 0 Å². The predicted molar refractivity (Wildman–Crippen MR) is 321 cm³/mol. The predicted octanol–water partition coefficient (Wildman–Crippen LogP) is 19.5. The third-order valence-electron chi connectivity index (χ3n) is 14.9. The number of likely N-dealkylation sites (N-methyl/N-ethyl adjacent to an activating group) is 1. The van der Waals surface area contributed by atoms with E-state index in [0.29, 0.717) is 17.4 Å². The molecule has 0 aliphatic carbocycles. The summed E-state index contributed by atoms with van der Waals surface area (Å²) in [6.45, 7) is 6.89. The van der Waals surface area contributed by atoms with Gasteiger partial charge in [-0.25, -0.2) is 0 Å². The van der Waals surface area contributed by atoms with E-state index in [1.165, 1.54) is 238 Å². The molecule has 9 nitrogen and oxygen atoms in total. The average Bonchev–Trinajstić information content (AvgIpc) is 3.37. The maximum atomic E-state index is 13.5. The summed E-state index contributed by atoms with van der Waals surface area (Å²) >= 11 is 0. The Morgan fingerprint density at radius 2 is 0.773 bits per heavy atom. The minimum absolute atomic E-state index is 0.0184. The van der Waals surface area contributed by atoms with Crippen molar-refractivity contribution in [3.63, 3.8) is 0 Å². The molecule has 1 N–H and O–H groups in total. The number of phosphoric acid groups is 1. The molecule has 0 aliphatic rings. The van der Waals surface area contributed by atoms with Gasteiger partial charge in [0.2, 0.25) is 5.91 Å². The molecule has 3 atom stereocenters. The van der Waals surface area contributed by atoms with Gasteiger partial charge in [-0.1, -0.05) is 283 Å². The molecule has 3 unspecified atom stereocenters. The Bertz CT molecular complexity index is 1340. The molecule has 0 spiro atoms. The van der Waals surface area contributed by atoms with E-state index in [1.54, 1.807) is 0 Å². The van der Waals surface area contributed by atoms with Crippen LogP contribution in [-0.2, 0) is 27.9 Å². The van der Waals surface area contributed by atoms with Crippen LogP contribution < -0.4 is 10.2 Å². The molecule has 0 aromatic carbocycles. The van der Waals surface area contributed by atoms with E-state index in [-0.39, 0.29) is 31.5 Å². The number of allylic oxidation sites excluding steroid dienone is 3. The number of phosphoric ester groups is 1. The van der Waals surface area contributed by atoms with E-state index in [4.69, 9.17) is 13.8 Å². The SMILES string of the molecule is CCCCCCCC/C=C/CCCCCCCCCCCCCC(=O)OC(/C=C/CCCCCCCCCCCCC)C(COP(=O)([O-])OCC[N+](C)(C)C)NC(=O)CCCCCCCCCCCCCCCCC. The molecule has 444 valence electrons. The summed E-state index contributed by atoms with van der Waals surface area (Å²) in [6.07, 6.45) is 65.7. The summed E-state index contributed by atoms with van der Waals surface area (Å²) in [4.78, 5) is 40.0. The smallest absolute Gasteiger partial charge is 0.306 e. The number of rotatable bonds is 60. The maximum absolute atomic E-state index is 13.5. The van der Waals surface area contributed by atoms with Crippen molar-refractivity contribution in [3.05, 3.63) is 24.3 Å². The second-order valence-electron chi connectivity index (χ2n) is 23.6. The number of ether oxygens (including phenoxy) is 1. The second kappa shape index (κ2) is 55.8. The largest absolute Gasteiger partial charge is 0.756 e.